The third-order valence-corrected chi connectivity index (χ3v) is 3.65. The van der Waals surface area contributed by atoms with Gasteiger partial charge in [0.25, 0.3) is 0 Å². The summed E-state index contributed by atoms with van der Waals surface area (Å²) >= 11 is 0. The molecule has 0 amide bonds. The Balaban J connectivity index is 2.00. The van der Waals surface area contributed by atoms with E-state index >= 15 is 0 Å². The Labute approximate surface area is 123 Å². The lowest BCUT2D eigenvalue weighted by molar-refractivity contribution is 0.590. The van der Waals surface area contributed by atoms with Gasteiger partial charge in [0, 0.05) is 12.2 Å². The molecule has 2 aromatic rings. The first kappa shape index (κ1) is 14.6. The lowest BCUT2D eigenvalue weighted by Crippen LogP contribution is -2.11. The second kappa shape index (κ2) is 6.13. The molecule has 0 aliphatic heterocycles. The van der Waals surface area contributed by atoms with Gasteiger partial charge in [-0.25, -0.2) is 0 Å². The average Bonchev–Trinajstić information content (AvgIpc) is 2.45. The predicted octanol–water partition coefficient (Wildman–Crippen LogP) is 5.16. The predicted molar refractivity (Wildman–Crippen MR) is 88.3 cm³/mol. The van der Waals surface area contributed by atoms with Gasteiger partial charge in [-0.1, -0.05) is 64.1 Å². The molecular weight excluding hydrogens is 242 g/mol. The quantitative estimate of drug-likeness (QED) is 0.807. The molecule has 1 N–H and O–H groups in total. The molecule has 0 unspecified atom stereocenters. The molecule has 1 nitrogen and oxygen atoms in total. The van der Waals surface area contributed by atoms with E-state index in [1.807, 2.05) is 0 Å². The molecule has 0 aliphatic rings. The first-order valence-corrected chi connectivity index (χ1v) is 7.41. The van der Waals surface area contributed by atoms with Crippen molar-refractivity contribution in [2.75, 3.05) is 5.32 Å². The zero-order valence-corrected chi connectivity index (χ0v) is 13.0. The lowest BCUT2D eigenvalue weighted by Gasteiger charge is -2.19. The van der Waals surface area contributed by atoms with Crippen LogP contribution in [-0.2, 0) is 18.4 Å². The van der Waals surface area contributed by atoms with Crippen LogP contribution in [0, 0.1) is 0 Å². The zero-order chi connectivity index (χ0) is 14.6. The zero-order valence-electron chi connectivity index (χ0n) is 13.0. The van der Waals surface area contributed by atoms with Crippen LogP contribution in [0.3, 0.4) is 0 Å². The van der Waals surface area contributed by atoms with Gasteiger partial charge in [0.15, 0.2) is 0 Å². The molecule has 0 saturated carbocycles. The van der Waals surface area contributed by atoms with Gasteiger partial charge < -0.3 is 5.32 Å². The lowest BCUT2D eigenvalue weighted by atomic mass is 9.87. The van der Waals surface area contributed by atoms with Crippen molar-refractivity contribution in [2.45, 2.75) is 46.1 Å². The monoisotopic (exact) mass is 267 g/mol. The van der Waals surface area contributed by atoms with Gasteiger partial charge in [0.2, 0.25) is 0 Å². The number of nitrogens with one attached hydrogen (secondary N) is 1. The summed E-state index contributed by atoms with van der Waals surface area (Å²) in [7, 11) is 0. The first-order chi connectivity index (χ1) is 9.49. The van der Waals surface area contributed by atoms with Crippen molar-refractivity contribution in [3.63, 3.8) is 0 Å². The van der Waals surface area contributed by atoms with Crippen LogP contribution in [0.5, 0.6) is 0 Å². The van der Waals surface area contributed by atoms with Gasteiger partial charge in [-0.3, -0.25) is 0 Å². The Kier molecular flexibility index (Phi) is 4.49. The van der Waals surface area contributed by atoms with Gasteiger partial charge in [0.1, 0.15) is 0 Å². The molecule has 0 aromatic heterocycles. The molecule has 20 heavy (non-hydrogen) atoms. The highest BCUT2D eigenvalue weighted by atomic mass is 14.9. The summed E-state index contributed by atoms with van der Waals surface area (Å²) in [6.07, 6.45) is 1.08. The van der Waals surface area contributed by atoms with Crippen molar-refractivity contribution in [1.29, 1.82) is 0 Å². The molecule has 2 aromatic carbocycles. The Bertz CT molecular complexity index is 547. The highest BCUT2D eigenvalue weighted by Crippen LogP contribution is 2.22. The maximum atomic E-state index is 3.49. The van der Waals surface area contributed by atoms with Crippen molar-refractivity contribution in [1.82, 2.24) is 0 Å². The molecular formula is C19H25N. The average molecular weight is 267 g/mol. The number of aryl methyl sites for hydroxylation is 1. The molecule has 2 rings (SSSR count). The maximum absolute atomic E-state index is 3.49. The van der Waals surface area contributed by atoms with Crippen molar-refractivity contribution >= 4 is 5.69 Å². The molecule has 0 radical (unpaired) electrons. The third kappa shape index (κ3) is 3.86. The fourth-order valence-corrected chi connectivity index (χ4v) is 2.23. The van der Waals surface area contributed by atoms with Crippen molar-refractivity contribution in [2.24, 2.45) is 0 Å². The second-order valence-corrected chi connectivity index (χ2v) is 6.35. The fourth-order valence-electron chi connectivity index (χ4n) is 2.23. The second-order valence-electron chi connectivity index (χ2n) is 6.35. The third-order valence-electron chi connectivity index (χ3n) is 3.65. The molecule has 0 bridgehead atoms. The van der Waals surface area contributed by atoms with Crippen molar-refractivity contribution < 1.29 is 0 Å². The number of hydrogen-bond donors (Lipinski definition) is 1. The van der Waals surface area contributed by atoms with Gasteiger partial charge in [0.05, 0.1) is 0 Å². The van der Waals surface area contributed by atoms with E-state index in [4.69, 9.17) is 0 Å². The number of benzene rings is 2. The van der Waals surface area contributed by atoms with E-state index in [0.717, 1.165) is 13.0 Å². The topological polar surface area (TPSA) is 12.0 Å². The van der Waals surface area contributed by atoms with Crippen LogP contribution in [0.2, 0.25) is 0 Å². The first-order valence-electron chi connectivity index (χ1n) is 7.41. The molecule has 0 aliphatic carbocycles. The van der Waals surface area contributed by atoms with E-state index in [1.54, 1.807) is 0 Å². The summed E-state index contributed by atoms with van der Waals surface area (Å²) in [5.74, 6) is 0. The van der Waals surface area contributed by atoms with Crippen LogP contribution in [0.4, 0.5) is 5.69 Å². The van der Waals surface area contributed by atoms with Crippen LogP contribution < -0.4 is 5.32 Å². The van der Waals surface area contributed by atoms with Crippen LogP contribution in [0.15, 0.2) is 48.5 Å². The molecule has 106 valence electrons. The summed E-state index contributed by atoms with van der Waals surface area (Å²) in [4.78, 5) is 0. The molecule has 1 heteroatoms. The van der Waals surface area contributed by atoms with Crippen molar-refractivity contribution in [3.05, 3.63) is 65.2 Å². The van der Waals surface area contributed by atoms with Crippen molar-refractivity contribution in [3.8, 4) is 0 Å². The summed E-state index contributed by atoms with van der Waals surface area (Å²) in [6, 6.07) is 17.5. The maximum Gasteiger partial charge on any atom is 0.0400 e. The van der Waals surface area contributed by atoms with Gasteiger partial charge in [-0.2, -0.15) is 0 Å². The SMILES string of the molecule is CCc1cccc(NCc2ccc(C(C)(C)C)cc2)c1. The fraction of sp³-hybridized carbons (Fsp3) is 0.368. The highest BCUT2D eigenvalue weighted by molar-refractivity contribution is 5.46. The molecule has 0 fully saturated rings. The number of rotatable bonds is 4. The molecule has 0 heterocycles. The smallest absolute Gasteiger partial charge is 0.0400 e. The Morgan fingerprint density at radius 1 is 0.900 bits per heavy atom. The van der Waals surface area contributed by atoms with E-state index in [0.29, 0.717) is 0 Å². The van der Waals surface area contributed by atoms with E-state index in [2.05, 4.69) is 81.5 Å². The Morgan fingerprint density at radius 3 is 2.20 bits per heavy atom. The summed E-state index contributed by atoms with van der Waals surface area (Å²) in [5, 5.41) is 3.49. The minimum Gasteiger partial charge on any atom is -0.381 e. The van der Waals surface area contributed by atoms with Crippen LogP contribution >= 0.6 is 0 Å². The molecule has 0 saturated heterocycles. The Morgan fingerprint density at radius 2 is 1.60 bits per heavy atom. The molecule has 0 spiro atoms. The molecule has 0 atom stereocenters. The summed E-state index contributed by atoms with van der Waals surface area (Å²) in [6.45, 7) is 9.80. The van der Waals surface area contributed by atoms with Crippen LogP contribution in [0.25, 0.3) is 0 Å². The van der Waals surface area contributed by atoms with E-state index in [-0.39, 0.29) is 5.41 Å². The summed E-state index contributed by atoms with van der Waals surface area (Å²) in [5.41, 5.74) is 5.50. The van der Waals surface area contributed by atoms with E-state index in [9.17, 15) is 0 Å². The minimum absolute atomic E-state index is 0.224. The largest absolute Gasteiger partial charge is 0.381 e. The van der Waals surface area contributed by atoms with Gasteiger partial charge in [-0.15, -0.1) is 0 Å². The van der Waals surface area contributed by atoms with Crippen LogP contribution in [-0.4, -0.2) is 0 Å². The summed E-state index contributed by atoms with van der Waals surface area (Å²) < 4.78 is 0. The minimum atomic E-state index is 0.224. The number of anilines is 1. The van der Waals surface area contributed by atoms with Gasteiger partial charge >= 0.3 is 0 Å². The van der Waals surface area contributed by atoms with Gasteiger partial charge in [-0.05, 0) is 40.7 Å². The standard InChI is InChI=1S/C19H25N/c1-5-15-7-6-8-18(13-15)20-14-16-9-11-17(12-10-16)19(2,3)4/h6-13,20H,5,14H2,1-4H3. The highest BCUT2D eigenvalue weighted by Gasteiger charge is 2.12. The van der Waals surface area contributed by atoms with E-state index < -0.39 is 0 Å². The van der Waals surface area contributed by atoms with Crippen LogP contribution in [0.1, 0.15) is 44.4 Å². The Hall–Kier alpha value is -1.76. The number of hydrogen-bond acceptors (Lipinski definition) is 1. The normalized spacial score (nSPS) is 11.4. The van der Waals surface area contributed by atoms with E-state index in [1.165, 1.54) is 22.4 Å².